The molecule has 0 bridgehead atoms. The largest absolute Gasteiger partial charge is 0.381 e. The summed E-state index contributed by atoms with van der Waals surface area (Å²) in [6, 6.07) is 0. The third-order valence-corrected chi connectivity index (χ3v) is 3.73. The Morgan fingerprint density at radius 1 is 1.50 bits per heavy atom. The standard InChI is InChI=1S/C12H22N2O2/c1-9-6-13-7-11(9)12(15)14-4-2-10-3-5-16-8-10/h9-11,13H,2-8H2,1H3,(H,14,15). The molecule has 2 N–H and O–H groups in total. The third kappa shape index (κ3) is 2.95. The number of rotatable bonds is 4. The number of hydrogen-bond donors (Lipinski definition) is 2. The van der Waals surface area contributed by atoms with E-state index in [-0.39, 0.29) is 11.8 Å². The van der Waals surface area contributed by atoms with E-state index in [9.17, 15) is 4.79 Å². The van der Waals surface area contributed by atoms with Gasteiger partial charge in [0.1, 0.15) is 0 Å². The zero-order chi connectivity index (χ0) is 11.4. The van der Waals surface area contributed by atoms with Crippen LogP contribution in [-0.2, 0) is 9.53 Å². The Bertz CT molecular complexity index is 239. The summed E-state index contributed by atoms with van der Waals surface area (Å²) in [7, 11) is 0. The van der Waals surface area contributed by atoms with Crippen LogP contribution >= 0.6 is 0 Å². The molecular formula is C12H22N2O2. The molecule has 0 aromatic heterocycles. The monoisotopic (exact) mass is 226 g/mol. The highest BCUT2D eigenvalue weighted by Crippen LogP contribution is 2.17. The fourth-order valence-corrected chi connectivity index (χ4v) is 2.50. The molecule has 2 rings (SSSR count). The van der Waals surface area contributed by atoms with Crippen molar-refractivity contribution in [1.29, 1.82) is 0 Å². The fraction of sp³-hybridized carbons (Fsp3) is 0.917. The van der Waals surface area contributed by atoms with Crippen LogP contribution in [0.1, 0.15) is 19.8 Å². The summed E-state index contributed by atoms with van der Waals surface area (Å²) in [5.41, 5.74) is 0. The highest BCUT2D eigenvalue weighted by atomic mass is 16.5. The molecule has 2 fully saturated rings. The van der Waals surface area contributed by atoms with Crippen molar-refractivity contribution in [3.8, 4) is 0 Å². The third-order valence-electron chi connectivity index (χ3n) is 3.73. The van der Waals surface area contributed by atoms with Crippen LogP contribution in [0, 0.1) is 17.8 Å². The second-order valence-electron chi connectivity index (χ2n) is 5.05. The summed E-state index contributed by atoms with van der Waals surface area (Å²) in [6.45, 7) is 6.50. The average molecular weight is 226 g/mol. The van der Waals surface area contributed by atoms with Gasteiger partial charge in [0.05, 0.1) is 5.92 Å². The van der Waals surface area contributed by atoms with Crippen LogP contribution in [0.25, 0.3) is 0 Å². The highest BCUT2D eigenvalue weighted by molar-refractivity contribution is 5.79. The Morgan fingerprint density at radius 2 is 2.38 bits per heavy atom. The summed E-state index contributed by atoms with van der Waals surface area (Å²) >= 11 is 0. The molecule has 4 heteroatoms. The maximum Gasteiger partial charge on any atom is 0.224 e. The molecule has 4 nitrogen and oxygen atoms in total. The van der Waals surface area contributed by atoms with E-state index in [1.807, 2.05) is 0 Å². The first-order chi connectivity index (χ1) is 7.77. The van der Waals surface area contributed by atoms with Gasteiger partial charge in [0.2, 0.25) is 5.91 Å². The molecule has 0 aromatic rings. The summed E-state index contributed by atoms with van der Waals surface area (Å²) in [4.78, 5) is 11.8. The predicted molar refractivity (Wildman–Crippen MR) is 62.1 cm³/mol. The number of hydrogen-bond acceptors (Lipinski definition) is 3. The number of nitrogens with one attached hydrogen (secondary N) is 2. The molecule has 16 heavy (non-hydrogen) atoms. The molecule has 2 saturated heterocycles. The van der Waals surface area contributed by atoms with Gasteiger partial charge < -0.3 is 15.4 Å². The molecule has 2 aliphatic heterocycles. The zero-order valence-corrected chi connectivity index (χ0v) is 10.00. The lowest BCUT2D eigenvalue weighted by molar-refractivity contribution is -0.125. The van der Waals surface area contributed by atoms with E-state index in [2.05, 4.69) is 17.6 Å². The number of carbonyl (C=O) groups is 1. The van der Waals surface area contributed by atoms with Crippen molar-refractivity contribution in [2.45, 2.75) is 19.8 Å². The summed E-state index contributed by atoms with van der Waals surface area (Å²) in [6.07, 6.45) is 2.21. The van der Waals surface area contributed by atoms with Gasteiger partial charge in [-0.25, -0.2) is 0 Å². The number of ether oxygens (including phenoxy) is 1. The molecule has 3 atom stereocenters. The Kier molecular flexibility index (Phi) is 4.18. The molecule has 2 aliphatic rings. The van der Waals surface area contributed by atoms with E-state index >= 15 is 0 Å². The first-order valence-electron chi connectivity index (χ1n) is 6.33. The maximum atomic E-state index is 11.8. The van der Waals surface area contributed by atoms with Crippen LogP contribution in [0.3, 0.4) is 0 Å². The lowest BCUT2D eigenvalue weighted by Crippen LogP contribution is -2.35. The van der Waals surface area contributed by atoms with Gasteiger partial charge in [0, 0.05) is 26.3 Å². The summed E-state index contributed by atoms with van der Waals surface area (Å²) in [5, 5.41) is 6.30. The first kappa shape index (κ1) is 11.9. The zero-order valence-electron chi connectivity index (χ0n) is 10.00. The first-order valence-corrected chi connectivity index (χ1v) is 6.33. The quantitative estimate of drug-likeness (QED) is 0.729. The minimum atomic E-state index is 0.167. The highest BCUT2D eigenvalue weighted by Gasteiger charge is 2.29. The minimum Gasteiger partial charge on any atom is -0.381 e. The van der Waals surface area contributed by atoms with Crippen LogP contribution in [0.5, 0.6) is 0 Å². The molecule has 2 heterocycles. The van der Waals surface area contributed by atoms with Crippen molar-refractivity contribution < 1.29 is 9.53 Å². The molecule has 0 spiro atoms. The topological polar surface area (TPSA) is 50.4 Å². The molecule has 0 aromatic carbocycles. The molecule has 0 aliphatic carbocycles. The van der Waals surface area contributed by atoms with E-state index in [0.717, 1.165) is 45.7 Å². The number of amides is 1. The molecule has 0 saturated carbocycles. The predicted octanol–water partition coefficient (Wildman–Crippen LogP) is 0.385. The van der Waals surface area contributed by atoms with Crippen molar-refractivity contribution in [2.24, 2.45) is 17.8 Å². The molecule has 92 valence electrons. The van der Waals surface area contributed by atoms with E-state index in [1.54, 1.807) is 0 Å². The van der Waals surface area contributed by atoms with Crippen molar-refractivity contribution in [1.82, 2.24) is 10.6 Å². The normalized spacial score (nSPS) is 34.2. The van der Waals surface area contributed by atoms with Crippen LogP contribution < -0.4 is 10.6 Å². The summed E-state index contributed by atoms with van der Waals surface area (Å²) < 4.78 is 5.31. The van der Waals surface area contributed by atoms with Gasteiger partial charge in [-0.2, -0.15) is 0 Å². The molecule has 0 radical (unpaired) electrons. The van der Waals surface area contributed by atoms with Gasteiger partial charge in [-0.05, 0) is 31.2 Å². The van der Waals surface area contributed by atoms with Crippen LogP contribution in [0.4, 0.5) is 0 Å². The molecular weight excluding hydrogens is 204 g/mol. The van der Waals surface area contributed by atoms with Crippen molar-refractivity contribution in [3.05, 3.63) is 0 Å². The second-order valence-corrected chi connectivity index (χ2v) is 5.05. The Hall–Kier alpha value is -0.610. The second kappa shape index (κ2) is 5.64. The van der Waals surface area contributed by atoms with Gasteiger partial charge in [0.25, 0.3) is 0 Å². The average Bonchev–Trinajstić information content (AvgIpc) is 2.88. The van der Waals surface area contributed by atoms with Crippen molar-refractivity contribution in [2.75, 3.05) is 32.8 Å². The van der Waals surface area contributed by atoms with E-state index in [0.29, 0.717) is 11.8 Å². The lowest BCUT2D eigenvalue weighted by Gasteiger charge is -2.15. The number of carbonyl (C=O) groups excluding carboxylic acids is 1. The lowest BCUT2D eigenvalue weighted by atomic mass is 9.97. The van der Waals surface area contributed by atoms with E-state index in [4.69, 9.17) is 4.74 Å². The van der Waals surface area contributed by atoms with Gasteiger partial charge in [0.15, 0.2) is 0 Å². The van der Waals surface area contributed by atoms with Crippen LogP contribution in [0.15, 0.2) is 0 Å². The fourth-order valence-electron chi connectivity index (χ4n) is 2.50. The van der Waals surface area contributed by atoms with Gasteiger partial charge in [-0.1, -0.05) is 6.92 Å². The van der Waals surface area contributed by atoms with Crippen LogP contribution in [-0.4, -0.2) is 38.8 Å². The summed E-state index contributed by atoms with van der Waals surface area (Å²) in [5.74, 6) is 1.51. The minimum absolute atomic E-state index is 0.167. The van der Waals surface area contributed by atoms with Crippen molar-refractivity contribution in [3.63, 3.8) is 0 Å². The Balaban J connectivity index is 1.63. The van der Waals surface area contributed by atoms with Gasteiger partial charge >= 0.3 is 0 Å². The molecule has 1 amide bonds. The Labute approximate surface area is 97.1 Å². The SMILES string of the molecule is CC1CNCC1C(=O)NCCC1CCOC1. The van der Waals surface area contributed by atoms with Crippen LogP contribution in [0.2, 0.25) is 0 Å². The van der Waals surface area contributed by atoms with Gasteiger partial charge in [-0.3, -0.25) is 4.79 Å². The smallest absolute Gasteiger partial charge is 0.224 e. The van der Waals surface area contributed by atoms with Gasteiger partial charge in [-0.15, -0.1) is 0 Å². The van der Waals surface area contributed by atoms with E-state index < -0.39 is 0 Å². The molecule has 3 unspecified atom stereocenters. The maximum absolute atomic E-state index is 11.8. The Morgan fingerprint density at radius 3 is 3.00 bits per heavy atom. The van der Waals surface area contributed by atoms with E-state index in [1.165, 1.54) is 0 Å². The van der Waals surface area contributed by atoms with Crippen molar-refractivity contribution >= 4 is 5.91 Å².